The van der Waals surface area contributed by atoms with E-state index in [1.165, 1.54) is 10.8 Å². The standard InChI is InChI=1S/C23H21N5O4/c1-2-14(22(30)32-17-6-4-12-24-13-17)5-3-7-18-25-19-20(26-18)27(15-8-9-15)23(31)28(21(19)29)16-10-11-16/h2,4,6,12-13,15-16H,5,8-11H2,1H3,(H,25,26)/b14-2+. The molecular formula is C23H21N5O4. The Balaban J connectivity index is 1.41. The van der Waals surface area contributed by atoms with Gasteiger partial charge in [-0.15, -0.1) is 0 Å². The minimum atomic E-state index is -0.505. The maximum absolute atomic E-state index is 12.9. The molecule has 0 atom stereocenters. The molecule has 2 aliphatic rings. The lowest BCUT2D eigenvalue weighted by Gasteiger charge is -2.09. The monoisotopic (exact) mass is 431 g/mol. The quantitative estimate of drug-likeness (QED) is 0.377. The number of carbonyl (C=O) groups is 1. The average molecular weight is 431 g/mol. The van der Waals surface area contributed by atoms with Gasteiger partial charge in [0.25, 0.3) is 5.56 Å². The van der Waals surface area contributed by atoms with Crippen LogP contribution in [0.3, 0.4) is 0 Å². The summed E-state index contributed by atoms with van der Waals surface area (Å²) in [4.78, 5) is 49.5. The van der Waals surface area contributed by atoms with Crippen LogP contribution in [-0.4, -0.2) is 30.1 Å². The molecule has 0 unspecified atom stereocenters. The van der Waals surface area contributed by atoms with E-state index in [1.54, 1.807) is 35.9 Å². The number of allylic oxidation sites excluding steroid dienone is 1. The molecule has 0 spiro atoms. The first-order valence-electron chi connectivity index (χ1n) is 10.6. The maximum Gasteiger partial charge on any atom is 0.340 e. The lowest BCUT2D eigenvalue weighted by atomic mass is 10.2. The van der Waals surface area contributed by atoms with Crippen molar-refractivity contribution in [2.45, 2.75) is 51.1 Å². The van der Waals surface area contributed by atoms with E-state index in [1.807, 2.05) is 0 Å². The highest BCUT2D eigenvalue weighted by molar-refractivity contribution is 5.90. The molecule has 0 aromatic carbocycles. The number of hydrogen-bond donors (Lipinski definition) is 1. The van der Waals surface area contributed by atoms with Crippen molar-refractivity contribution in [3.63, 3.8) is 0 Å². The van der Waals surface area contributed by atoms with Gasteiger partial charge < -0.3 is 9.72 Å². The molecule has 3 aromatic heterocycles. The minimum Gasteiger partial charge on any atom is -0.421 e. The first-order valence-corrected chi connectivity index (χ1v) is 10.6. The summed E-state index contributed by atoms with van der Waals surface area (Å²) in [6.45, 7) is 1.73. The number of nitrogens with one attached hydrogen (secondary N) is 1. The second kappa shape index (κ2) is 7.96. The number of fused-ring (bicyclic) bond motifs is 1. The fraction of sp³-hybridized carbons (Fsp3) is 0.348. The molecule has 32 heavy (non-hydrogen) atoms. The van der Waals surface area contributed by atoms with Gasteiger partial charge in [0.2, 0.25) is 0 Å². The van der Waals surface area contributed by atoms with E-state index in [4.69, 9.17) is 4.74 Å². The third-order valence-electron chi connectivity index (χ3n) is 5.52. The predicted octanol–water partition coefficient (Wildman–Crippen LogP) is 2.24. The summed E-state index contributed by atoms with van der Waals surface area (Å²) in [6.07, 6.45) is 8.32. The van der Waals surface area contributed by atoms with Gasteiger partial charge in [-0.3, -0.25) is 18.9 Å². The normalized spacial score (nSPS) is 16.0. The summed E-state index contributed by atoms with van der Waals surface area (Å²) in [5.41, 5.74) is 0.413. The van der Waals surface area contributed by atoms with Crippen molar-refractivity contribution in [1.29, 1.82) is 0 Å². The summed E-state index contributed by atoms with van der Waals surface area (Å²) in [5.74, 6) is 5.91. The summed E-state index contributed by atoms with van der Waals surface area (Å²) >= 11 is 0. The Kier molecular flexibility index (Phi) is 4.98. The molecule has 2 aliphatic carbocycles. The van der Waals surface area contributed by atoms with Crippen molar-refractivity contribution in [2.75, 3.05) is 0 Å². The maximum atomic E-state index is 12.9. The van der Waals surface area contributed by atoms with Gasteiger partial charge in [0.1, 0.15) is 5.75 Å². The highest BCUT2D eigenvalue weighted by Gasteiger charge is 2.34. The number of esters is 1. The summed E-state index contributed by atoms with van der Waals surface area (Å²) < 4.78 is 8.27. The van der Waals surface area contributed by atoms with Gasteiger partial charge in [-0.2, -0.15) is 0 Å². The average Bonchev–Trinajstić information content (AvgIpc) is 3.71. The molecule has 1 N–H and O–H groups in total. The Morgan fingerprint density at radius 1 is 1.25 bits per heavy atom. The molecule has 3 heterocycles. The predicted molar refractivity (Wildman–Crippen MR) is 116 cm³/mol. The smallest absolute Gasteiger partial charge is 0.340 e. The Morgan fingerprint density at radius 2 is 2.00 bits per heavy atom. The van der Waals surface area contributed by atoms with Crippen LogP contribution in [0.5, 0.6) is 5.75 Å². The van der Waals surface area contributed by atoms with Crippen LogP contribution < -0.4 is 16.0 Å². The summed E-state index contributed by atoms with van der Waals surface area (Å²) in [6, 6.07) is 3.38. The number of imidazole rings is 1. The zero-order valence-corrected chi connectivity index (χ0v) is 17.5. The highest BCUT2D eigenvalue weighted by atomic mass is 16.5. The molecule has 3 aromatic rings. The zero-order valence-electron chi connectivity index (χ0n) is 17.5. The number of rotatable bonds is 5. The third kappa shape index (κ3) is 3.75. The first kappa shape index (κ1) is 20.0. The van der Waals surface area contributed by atoms with Crippen LogP contribution in [0.4, 0.5) is 0 Å². The molecule has 9 nitrogen and oxygen atoms in total. The molecule has 0 radical (unpaired) electrons. The molecule has 5 rings (SSSR count). The van der Waals surface area contributed by atoms with Gasteiger partial charge in [0.15, 0.2) is 17.0 Å². The Morgan fingerprint density at radius 3 is 2.66 bits per heavy atom. The molecule has 2 fully saturated rings. The van der Waals surface area contributed by atoms with Crippen LogP contribution >= 0.6 is 0 Å². The third-order valence-corrected chi connectivity index (χ3v) is 5.52. The van der Waals surface area contributed by atoms with Crippen molar-refractivity contribution < 1.29 is 9.53 Å². The van der Waals surface area contributed by atoms with Crippen molar-refractivity contribution >= 4 is 17.1 Å². The summed E-state index contributed by atoms with van der Waals surface area (Å²) in [7, 11) is 0. The topological polar surface area (TPSA) is 112 Å². The number of carbonyl (C=O) groups excluding carboxylic acids is 1. The number of pyridine rings is 1. The van der Waals surface area contributed by atoms with E-state index in [9.17, 15) is 14.4 Å². The van der Waals surface area contributed by atoms with E-state index in [0.29, 0.717) is 22.5 Å². The largest absolute Gasteiger partial charge is 0.421 e. The number of aromatic amines is 1. The van der Waals surface area contributed by atoms with Crippen molar-refractivity contribution in [3.8, 4) is 17.6 Å². The summed E-state index contributed by atoms with van der Waals surface area (Å²) in [5, 5.41) is 0. The van der Waals surface area contributed by atoms with Gasteiger partial charge in [0.05, 0.1) is 6.20 Å². The van der Waals surface area contributed by atoms with Crippen LogP contribution in [0.2, 0.25) is 0 Å². The Bertz CT molecular complexity index is 1410. The number of nitrogens with zero attached hydrogens (tertiary/aromatic N) is 4. The fourth-order valence-corrected chi connectivity index (χ4v) is 3.57. The second-order valence-corrected chi connectivity index (χ2v) is 7.94. The molecule has 0 saturated heterocycles. The van der Waals surface area contributed by atoms with Crippen LogP contribution in [-0.2, 0) is 4.79 Å². The molecule has 0 bridgehead atoms. The number of hydrogen-bond acceptors (Lipinski definition) is 6. The first-order chi connectivity index (χ1) is 15.6. The Hall–Kier alpha value is -3.93. The Labute approximate surface area is 182 Å². The van der Waals surface area contributed by atoms with Gasteiger partial charge >= 0.3 is 11.7 Å². The van der Waals surface area contributed by atoms with E-state index in [0.717, 1.165) is 25.7 Å². The SMILES string of the molecule is C/C=C(\CC#Cc1nc2c([nH]1)c(=O)n(C1CC1)c(=O)n2C1CC1)C(=O)Oc1cccnc1. The van der Waals surface area contributed by atoms with Crippen LogP contribution in [0.25, 0.3) is 11.2 Å². The molecule has 162 valence electrons. The van der Waals surface area contributed by atoms with E-state index >= 15 is 0 Å². The fourth-order valence-electron chi connectivity index (χ4n) is 3.57. The lowest BCUT2D eigenvalue weighted by Crippen LogP contribution is -2.39. The number of aromatic nitrogens is 5. The van der Waals surface area contributed by atoms with Crippen molar-refractivity contribution in [3.05, 3.63) is 62.8 Å². The van der Waals surface area contributed by atoms with Crippen LogP contribution in [0.15, 0.2) is 45.8 Å². The minimum absolute atomic E-state index is 0.0229. The molecule has 0 amide bonds. The highest BCUT2D eigenvalue weighted by Crippen LogP contribution is 2.36. The van der Waals surface area contributed by atoms with Gasteiger partial charge in [0, 0.05) is 30.3 Å². The molecule has 0 aliphatic heterocycles. The number of ether oxygens (including phenoxy) is 1. The van der Waals surface area contributed by atoms with E-state index in [-0.39, 0.29) is 35.6 Å². The van der Waals surface area contributed by atoms with Crippen LogP contribution in [0.1, 0.15) is 56.9 Å². The van der Waals surface area contributed by atoms with Crippen molar-refractivity contribution in [2.24, 2.45) is 0 Å². The second-order valence-electron chi connectivity index (χ2n) is 7.94. The van der Waals surface area contributed by atoms with E-state index < -0.39 is 5.97 Å². The van der Waals surface area contributed by atoms with E-state index in [2.05, 4.69) is 26.8 Å². The lowest BCUT2D eigenvalue weighted by molar-refractivity contribution is -0.130. The molecule has 2 saturated carbocycles. The van der Waals surface area contributed by atoms with Crippen molar-refractivity contribution in [1.82, 2.24) is 24.1 Å². The van der Waals surface area contributed by atoms with Gasteiger partial charge in [-0.1, -0.05) is 12.0 Å². The number of H-pyrrole nitrogens is 1. The molecule has 9 heteroatoms. The molecular weight excluding hydrogens is 410 g/mol. The zero-order chi connectivity index (χ0) is 22.2. The van der Waals surface area contributed by atoms with Gasteiger partial charge in [-0.05, 0) is 50.7 Å². The van der Waals surface area contributed by atoms with Gasteiger partial charge in [-0.25, -0.2) is 14.6 Å². The van der Waals surface area contributed by atoms with Crippen LogP contribution in [0, 0.1) is 11.8 Å².